The van der Waals surface area contributed by atoms with Crippen molar-refractivity contribution in [2.75, 3.05) is 30.4 Å². The monoisotopic (exact) mass is 257 g/mol. The third-order valence-electron chi connectivity index (χ3n) is 2.80. The second kappa shape index (κ2) is 6.15. The van der Waals surface area contributed by atoms with E-state index in [0.29, 0.717) is 6.54 Å². The van der Waals surface area contributed by atoms with Crippen molar-refractivity contribution in [3.05, 3.63) is 42.2 Å². The fourth-order valence-electron chi connectivity index (χ4n) is 1.80. The first-order chi connectivity index (χ1) is 9.19. The third-order valence-corrected chi connectivity index (χ3v) is 2.80. The van der Waals surface area contributed by atoms with Crippen molar-refractivity contribution < 1.29 is 0 Å². The van der Waals surface area contributed by atoms with Gasteiger partial charge in [-0.2, -0.15) is 0 Å². The second-order valence-electron chi connectivity index (χ2n) is 4.47. The van der Waals surface area contributed by atoms with E-state index in [1.165, 1.54) is 5.56 Å². The maximum absolute atomic E-state index is 5.54. The van der Waals surface area contributed by atoms with Crippen LogP contribution in [0.15, 0.2) is 36.7 Å². The Hall–Kier alpha value is -2.14. The molecule has 1 heterocycles. The topological polar surface area (TPSA) is 67.1 Å². The zero-order valence-corrected chi connectivity index (χ0v) is 11.3. The maximum atomic E-state index is 5.54. The molecule has 0 amide bonds. The molecule has 19 heavy (non-hydrogen) atoms. The lowest BCUT2D eigenvalue weighted by atomic mass is 10.2. The van der Waals surface area contributed by atoms with Crippen LogP contribution in [-0.4, -0.2) is 30.1 Å². The highest BCUT2D eigenvalue weighted by molar-refractivity contribution is 5.59. The minimum atomic E-state index is 0.598. The highest BCUT2D eigenvalue weighted by atomic mass is 15.2. The first-order valence-electron chi connectivity index (χ1n) is 6.26. The third kappa shape index (κ3) is 3.66. The van der Waals surface area contributed by atoms with E-state index in [2.05, 4.69) is 34.3 Å². The number of nitrogens with one attached hydrogen (secondary N) is 1. The number of hydrogen-bond donors (Lipinski definition) is 2. The van der Waals surface area contributed by atoms with Crippen LogP contribution in [0.2, 0.25) is 0 Å². The standard InChI is InChI=1S/C14H19N5/c1-11-4-3-5-12(8-11)18-13-9-14(17-10-16-13)19(2)7-6-15/h3-5,8-10H,6-7,15H2,1-2H3,(H,16,17,18). The molecule has 0 aliphatic carbocycles. The molecule has 0 spiro atoms. The van der Waals surface area contributed by atoms with Gasteiger partial charge in [0.2, 0.25) is 0 Å². The summed E-state index contributed by atoms with van der Waals surface area (Å²) in [4.78, 5) is 10.5. The zero-order chi connectivity index (χ0) is 13.7. The molecule has 0 atom stereocenters. The summed E-state index contributed by atoms with van der Waals surface area (Å²) in [5.41, 5.74) is 7.77. The SMILES string of the molecule is Cc1cccc(Nc2cc(N(C)CCN)ncn2)c1. The van der Waals surface area contributed by atoms with Gasteiger partial charge in [0, 0.05) is 31.9 Å². The zero-order valence-electron chi connectivity index (χ0n) is 11.3. The Morgan fingerprint density at radius 3 is 2.84 bits per heavy atom. The van der Waals surface area contributed by atoms with Crippen molar-refractivity contribution >= 4 is 17.3 Å². The predicted molar refractivity (Wildman–Crippen MR) is 78.8 cm³/mol. The van der Waals surface area contributed by atoms with E-state index in [9.17, 15) is 0 Å². The van der Waals surface area contributed by atoms with Gasteiger partial charge in [0.05, 0.1) is 0 Å². The van der Waals surface area contributed by atoms with E-state index in [1.807, 2.05) is 30.1 Å². The van der Waals surface area contributed by atoms with Gasteiger partial charge in [-0.1, -0.05) is 12.1 Å². The summed E-state index contributed by atoms with van der Waals surface area (Å²) in [6, 6.07) is 10.1. The Kier molecular flexibility index (Phi) is 4.30. The Balaban J connectivity index is 2.15. The summed E-state index contributed by atoms with van der Waals surface area (Å²) in [5.74, 6) is 1.63. The van der Waals surface area contributed by atoms with Crippen LogP contribution in [0.5, 0.6) is 0 Å². The van der Waals surface area contributed by atoms with Crippen molar-refractivity contribution in [2.45, 2.75) is 6.92 Å². The van der Waals surface area contributed by atoms with Crippen molar-refractivity contribution in [3.63, 3.8) is 0 Å². The molecule has 0 radical (unpaired) electrons. The van der Waals surface area contributed by atoms with E-state index < -0.39 is 0 Å². The van der Waals surface area contributed by atoms with Crippen LogP contribution < -0.4 is 16.0 Å². The van der Waals surface area contributed by atoms with Gasteiger partial charge >= 0.3 is 0 Å². The van der Waals surface area contributed by atoms with Gasteiger partial charge in [-0.05, 0) is 24.6 Å². The van der Waals surface area contributed by atoms with Crippen LogP contribution in [0.3, 0.4) is 0 Å². The molecule has 100 valence electrons. The van der Waals surface area contributed by atoms with Crippen LogP contribution in [0.25, 0.3) is 0 Å². The molecule has 1 aromatic carbocycles. The Bertz CT molecular complexity index is 541. The van der Waals surface area contributed by atoms with Crippen molar-refractivity contribution in [1.82, 2.24) is 9.97 Å². The lowest BCUT2D eigenvalue weighted by Crippen LogP contribution is -2.25. The number of aryl methyl sites for hydroxylation is 1. The van der Waals surface area contributed by atoms with Crippen LogP contribution >= 0.6 is 0 Å². The highest BCUT2D eigenvalue weighted by Gasteiger charge is 2.03. The molecule has 0 fully saturated rings. The molecule has 0 bridgehead atoms. The first-order valence-corrected chi connectivity index (χ1v) is 6.26. The average molecular weight is 257 g/mol. The maximum Gasteiger partial charge on any atom is 0.135 e. The van der Waals surface area contributed by atoms with E-state index >= 15 is 0 Å². The molecule has 0 aliphatic heterocycles. The fourth-order valence-corrected chi connectivity index (χ4v) is 1.80. The summed E-state index contributed by atoms with van der Waals surface area (Å²) < 4.78 is 0. The first kappa shape index (κ1) is 13.3. The Morgan fingerprint density at radius 1 is 1.26 bits per heavy atom. The quantitative estimate of drug-likeness (QED) is 0.856. The highest BCUT2D eigenvalue weighted by Crippen LogP contribution is 2.18. The molecule has 0 aliphatic rings. The number of rotatable bonds is 5. The minimum Gasteiger partial charge on any atom is -0.358 e. The van der Waals surface area contributed by atoms with Gasteiger partial charge < -0.3 is 16.0 Å². The van der Waals surface area contributed by atoms with Gasteiger partial charge in [0.15, 0.2) is 0 Å². The molecule has 0 unspecified atom stereocenters. The molecule has 5 nitrogen and oxygen atoms in total. The van der Waals surface area contributed by atoms with E-state index in [4.69, 9.17) is 5.73 Å². The normalized spacial score (nSPS) is 10.3. The summed E-state index contributed by atoms with van der Waals surface area (Å²) >= 11 is 0. The van der Waals surface area contributed by atoms with Gasteiger partial charge in [-0.15, -0.1) is 0 Å². The molecular formula is C14H19N5. The van der Waals surface area contributed by atoms with Gasteiger partial charge in [0.25, 0.3) is 0 Å². The van der Waals surface area contributed by atoms with Crippen molar-refractivity contribution in [2.24, 2.45) is 5.73 Å². The molecule has 0 saturated heterocycles. The molecule has 5 heteroatoms. The van der Waals surface area contributed by atoms with Gasteiger partial charge in [-0.3, -0.25) is 0 Å². The fraction of sp³-hybridized carbons (Fsp3) is 0.286. The average Bonchev–Trinajstić information content (AvgIpc) is 2.39. The molecule has 2 rings (SSSR count). The summed E-state index contributed by atoms with van der Waals surface area (Å²) in [6.07, 6.45) is 1.56. The predicted octanol–water partition coefficient (Wildman–Crippen LogP) is 1.92. The number of aromatic nitrogens is 2. The molecule has 3 N–H and O–H groups in total. The Labute approximate surface area is 113 Å². The van der Waals surface area contributed by atoms with Crippen molar-refractivity contribution in [1.29, 1.82) is 0 Å². The van der Waals surface area contributed by atoms with E-state index in [0.717, 1.165) is 23.9 Å². The van der Waals surface area contributed by atoms with Gasteiger partial charge in [-0.25, -0.2) is 9.97 Å². The number of benzene rings is 1. The number of anilines is 3. The van der Waals surface area contributed by atoms with E-state index in [1.54, 1.807) is 6.33 Å². The van der Waals surface area contributed by atoms with E-state index in [-0.39, 0.29) is 0 Å². The van der Waals surface area contributed by atoms with Crippen molar-refractivity contribution in [3.8, 4) is 0 Å². The van der Waals surface area contributed by atoms with Crippen LogP contribution in [0.1, 0.15) is 5.56 Å². The molecule has 1 aromatic heterocycles. The lowest BCUT2D eigenvalue weighted by molar-refractivity contribution is 0.864. The molecular weight excluding hydrogens is 238 g/mol. The van der Waals surface area contributed by atoms with Crippen LogP contribution in [-0.2, 0) is 0 Å². The number of likely N-dealkylation sites (N-methyl/N-ethyl adjacent to an activating group) is 1. The molecule has 0 saturated carbocycles. The van der Waals surface area contributed by atoms with Crippen LogP contribution in [0.4, 0.5) is 17.3 Å². The number of nitrogens with two attached hydrogens (primary N) is 1. The smallest absolute Gasteiger partial charge is 0.135 e. The molecule has 2 aromatic rings. The van der Waals surface area contributed by atoms with Gasteiger partial charge in [0.1, 0.15) is 18.0 Å². The minimum absolute atomic E-state index is 0.598. The number of nitrogens with zero attached hydrogens (tertiary/aromatic N) is 3. The second-order valence-corrected chi connectivity index (χ2v) is 4.47. The summed E-state index contributed by atoms with van der Waals surface area (Å²) in [7, 11) is 1.96. The van der Waals surface area contributed by atoms with Crippen LogP contribution in [0, 0.1) is 6.92 Å². The summed E-state index contributed by atoms with van der Waals surface area (Å²) in [5, 5.41) is 3.27. The Morgan fingerprint density at radius 2 is 2.11 bits per heavy atom. The number of hydrogen-bond acceptors (Lipinski definition) is 5. The largest absolute Gasteiger partial charge is 0.358 e. The lowest BCUT2D eigenvalue weighted by Gasteiger charge is -2.17. The summed E-state index contributed by atoms with van der Waals surface area (Å²) in [6.45, 7) is 3.42.